The van der Waals surface area contributed by atoms with Crippen LogP contribution in [-0.2, 0) is 19.1 Å². The largest absolute Gasteiger partial charge is 0.490 e. The van der Waals surface area contributed by atoms with Crippen LogP contribution in [0.4, 0.5) is 13.2 Å². The number of carboxylic acids is 1. The van der Waals surface area contributed by atoms with Gasteiger partial charge in [-0.1, -0.05) is 0 Å². The van der Waals surface area contributed by atoms with E-state index in [1.807, 2.05) is 0 Å². The summed E-state index contributed by atoms with van der Waals surface area (Å²) in [4.78, 5) is 20.0. The van der Waals surface area contributed by atoms with Crippen molar-refractivity contribution in [3.05, 3.63) is 0 Å². The Kier molecular flexibility index (Phi) is 3.59. The highest BCUT2D eigenvalue weighted by atomic mass is 19.4. The van der Waals surface area contributed by atoms with Crippen molar-refractivity contribution in [1.29, 1.82) is 0 Å². The average Bonchev–Trinajstić information content (AvgIpc) is 2.70. The van der Waals surface area contributed by atoms with Gasteiger partial charge < -0.3 is 20.3 Å². The molecule has 0 aromatic carbocycles. The van der Waals surface area contributed by atoms with E-state index < -0.39 is 17.7 Å². The van der Waals surface area contributed by atoms with E-state index in [1.54, 1.807) is 0 Å². The van der Waals surface area contributed by atoms with Gasteiger partial charge in [0.05, 0.1) is 13.7 Å². The van der Waals surface area contributed by atoms with Crippen molar-refractivity contribution in [2.75, 3.05) is 13.7 Å². The Morgan fingerprint density at radius 2 is 1.83 bits per heavy atom. The van der Waals surface area contributed by atoms with Crippen LogP contribution in [0.15, 0.2) is 0 Å². The van der Waals surface area contributed by atoms with E-state index in [-0.39, 0.29) is 11.5 Å². The van der Waals surface area contributed by atoms with Crippen LogP contribution in [0.5, 0.6) is 0 Å². The summed E-state index contributed by atoms with van der Waals surface area (Å²) < 4.78 is 41.6. The zero-order chi connectivity index (χ0) is 14.2. The minimum atomic E-state index is -5.08. The molecule has 104 valence electrons. The summed E-state index contributed by atoms with van der Waals surface area (Å²) in [6.07, 6.45) is -3.85. The second-order valence-corrected chi connectivity index (χ2v) is 4.29. The number of nitrogens with two attached hydrogens (primary N) is 1. The van der Waals surface area contributed by atoms with Crippen molar-refractivity contribution in [1.82, 2.24) is 0 Å². The highest BCUT2D eigenvalue weighted by Gasteiger charge is 2.65. The first-order valence-electron chi connectivity index (χ1n) is 4.86. The lowest BCUT2D eigenvalue weighted by atomic mass is 9.69. The Labute approximate surface area is 99.8 Å². The van der Waals surface area contributed by atoms with Crippen molar-refractivity contribution in [2.24, 2.45) is 5.73 Å². The molecule has 3 aliphatic rings. The fraction of sp³-hybridized carbons (Fsp3) is 0.778. The molecule has 0 radical (unpaired) electrons. The van der Waals surface area contributed by atoms with Crippen molar-refractivity contribution in [2.45, 2.75) is 30.2 Å². The molecule has 3 N–H and O–H groups in total. The maximum Gasteiger partial charge on any atom is 0.490 e. The molecular formula is C9H12F3NO5. The minimum absolute atomic E-state index is 0.242. The van der Waals surface area contributed by atoms with Crippen LogP contribution in [0.25, 0.3) is 0 Å². The van der Waals surface area contributed by atoms with Crippen LogP contribution in [0.2, 0.25) is 0 Å². The number of halogens is 3. The monoisotopic (exact) mass is 271 g/mol. The van der Waals surface area contributed by atoms with Gasteiger partial charge in [0.15, 0.2) is 5.60 Å². The number of esters is 1. The third-order valence-corrected chi connectivity index (χ3v) is 2.71. The lowest BCUT2D eigenvalue weighted by molar-refractivity contribution is -0.192. The second-order valence-electron chi connectivity index (χ2n) is 4.29. The predicted molar refractivity (Wildman–Crippen MR) is 50.5 cm³/mol. The van der Waals surface area contributed by atoms with Crippen molar-refractivity contribution >= 4 is 11.9 Å². The maximum atomic E-state index is 11.1. The summed E-state index contributed by atoms with van der Waals surface area (Å²) in [5.74, 6) is -3.04. The van der Waals surface area contributed by atoms with Gasteiger partial charge in [0.25, 0.3) is 0 Å². The van der Waals surface area contributed by atoms with Gasteiger partial charge in [-0.15, -0.1) is 0 Å². The van der Waals surface area contributed by atoms with E-state index in [2.05, 4.69) is 4.74 Å². The molecule has 3 rings (SSSR count). The fourth-order valence-corrected chi connectivity index (χ4v) is 1.96. The van der Waals surface area contributed by atoms with Crippen LogP contribution in [0, 0.1) is 0 Å². The van der Waals surface area contributed by atoms with E-state index in [9.17, 15) is 18.0 Å². The van der Waals surface area contributed by atoms with Gasteiger partial charge in [-0.3, -0.25) is 0 Å². The Morgan fingerprint density at radius 1 is 1.39 bits per heavy atom. The number of aliphatic carboxylic acids is 1. The normalized spacial score (nSPS) is 32.9. The third kappa shape index (κ3) is 2.72. The minimum Gasteiger partial charge on any atom is -0.475 e. The molecule has 2 heterocycles. The molecule has 0 spiro atoms. The number of hydrogen-bond donors (Lipinski definition) is 2. The molecule has 9 heteroatoms. The Hall–Kier alpha value is -1.35. The lowest BCUT2D eigenvalue weighted by Crippen LogP contribution is -2.59. The third-order valence-electron chi connectivity index (χ3n) is 2.71. The summed E-state index contributed by atoms with van der Waals surface area (Å²) in [7, 11) is 1.37. The van der Waals surface area contributed by atoms with Gasteiger partial charge in [-0.05, 0) is 0 Å². The van der Waals surface area contributed by atoms with Gasteiger partial charge in [-0.25, -0.2) is 9.59 Å². The zero-order valence-corrected chi connectivity index (χ0v) is 9.41. The van der Waals surface area contributed by atoms with Crippen molar-refractivity contribution in [3.8, 4) is 0 Å². The van der Waals surface area contributed by atoms with E-state index in [0.29, 0.717) is 19.4 Å². The Morgan fingerprint density at radius 3 is 2.06 bits per heavy atom. The number of alkyl halides is 3. The van der Waals surface area contributed by atoms with Crippen LogP contribution in [-0.4, -0.2) is 48.1 Å². The smallest absolute Gasteiger partial charge is 0.475 e. The molecule has 2 aliphatic heterocycles. The number of carbonyl (C=O) groups excluding carboxylic acids is 1. The molecule has 0 aromatic heterocycles. The number of fused-ring (bicyclic) bond motifs is 1. The number of hydrogen-bond acceptors (Lipinski definition) is 5. The molecule has 18 heavy (non-hydrogen) atoms. The first kappa shape index (κ1) is 14.7. The molecule has 1 aliphatic carbocycles. The molecule has 0 aromatic rings. The summed E-state index contributed by atoms with van der Waals surface area (Å²) in [6, 6.07) is 0. The average molecular weight is 271 g/mol. The molecule has 6 nitrogen and oxygen atoms in total. The highest BCUT2D eigenvalue weighted by molar-refractivity contribution is 5.82. The number of methoxy groups -OCH3 is 1. The number of carboxylic acid groups (broad SMARTS) is 1. The van der Waals surface area contributed by atoms with Crippen LogP contribution < -0.4 is 5.73 Å². The molecular weight excluding hydrogens is 259 g/mol. The highest BCUT2D eigenvalue weighted by Crippen LogP contribution is 2.50. The van der Waals surface area contributed by atoms with Crippen molar-refractivity contribution in [3.63, 3.8) is 0 Å². The number of rotatable bonds is 1. The summed E-state index contributed by atoms with van der Waals surface area (Å²) in [5.41, 5.74) is 4.87. The van der Waals surface area contributed by atoms with Gasteiger partial charge >= 0.3 is 18.1 Å². The zero-order valence-electron chi connectivity index (χ0n) is 9.41. The van der Waals surface area contributed by atoms with Crippen molar-refractivity contribution < 1.29 is 37.3 Å². The molecule has 0 unspecified atom stereocenters. The van der Waals surface area contributed by atoms with E-state index in [0.717, 1.165) is 0 Å². The topological polar surface area (TPSA) is 98.9 Å². The van der Waals surface area contributed by atoms with Gasteiger partial charge in [0, 0.05) is 18.4 Å². The number of carbonyl (C=O) groups is 2. The molecule has 3 fully saturated rings. The predicted octanol–water partition coefficient (Wildman–Crippen LogP) is 0.0530. The standard InChI is InChI=1S/C7H11NO3.C2HF3O2/c1-10-5(9)7-2-6(8,3-7)4-11-7;3-2(4,5)1(6)7/h2-4,8H2,1H3;(H,6,7). The second kappa shape index (κ2) is 4.39. The Balaban J connectivity index is 0.000000203. The van der Waals surface area contributed by atoms with Crippen LogP contribution in [0.1, 0.15) is 12.8 Å². The molecule has 2 saturated heterocycles. The molecule has 1 saturated carbocycles. The van der Waals surface area contributed by atoms with Gasteiger partial charge in [0.2, 0.25) is 0 Å². The fourth-order valence-electron chi connectivity index (χ4n) is 1.96. The van der Waals surface area contributed by atoms with E-state index in [1.165, 1.54) is 7.11 Å². The van der Waals surface area contributed by atoms with Gasteiger partial charge in [0.1, 0.15) is 0 Å². The summed E-state index contributed by atoms with van der Waals surface area (Å²) in [5, 5.41) is 7.12. The SMILES string of the molecule is COC(=O)C12CC(N)(CO1)C2.O=C(O)C(F)(F)F. The van der Waals surface area contributed by atoms with Crippen LogP contribution >= 0.6 is 0 Å². The lowest BCUT2D eigenvalue weighted by Gasteiger charge is -2.39. The molecule has 2 bridgehead atoms. The molecule has 0 atom stereocenters. The summed E-state index contributed by atoms with van der Waals surface area (Å²) in [6.45, 7) is 0.488. The number of ether oxygens (including phenoxy) is 2. The Bertz CT molecular complexity index is 362. The van der Waals surface area contributed by atoms with Crippen LogP contribution in [0.3, 0.4) is 0 Å². The first-order chi connectivity index (χ1) is 8.05. The molecule has 0 amide bonds. The van der Waals surface area contributed by atoms with E-state index >= 15 is 0 Å². The van der Waals surface area contributed by atoms with Gasteiger partial charge in [-0.2, -0.15) is 13.2 Å². The maximum absolute atomic E-state index is 11.1. The quantitative estimate of drug-likeness (QED) is 0.654. The summed E-state index contributed by atoms with van der Waals surface area (Å²) >= 11 is 0. The first-order valence-corrected chi connectivity index (χ1v) is 4.86. The van der Waals surface area contributed by atoms with E-state index in [4.69, 9.17) is 20.4 Å².